The Balaban J connectivity index is 1.55. The van der Waals surface area contributed by atoms with Gasteiger partial charge in [0.1, 0.15) is 0 Å². The number of fused-ring (bicyclic) bond motifs is 7. The zero-order chi connectivity index (χ0) is 30.8. The van der Waals surface area contributed by atoms with Gasteiger partial charge in [-0.05, 0) is 128 Å². The molecule has 0 fully saturated rings. The normalized spacial score (nSPS) is 13.7. The van der Waals surface area contributed by atoms with Gasteiger partial charge in [0.15, 0.2) is 0 Å². The van der Waals surface area contributed by atoms with Crippen LogP contribution in [0.4, 0.5) is 0 Å². The minimum Gasteiger partial charge on any atom is -0.0619 e. The molecule has 0 saturated heterocycles. The first kappa shape index (κ1) is 26.5. The molecule has 0 atom stereocenters. The highest BCUT2D eigenvalue weighted by molar-refractivity contribution is 6.22. The Morgan fingerprint density at radius 2 is 0.911 bits per heavy atom. The summed E-state index contributed by atoms with van der Waals surface area (Å²) in [5.41, 5.74) is 21.4. The van der Waals surface area contributed by atoms with E-state index in [0.717, 1.165) is 0 Å². The maximum Gasteiger partial charge on any atom is 0.0165 e. The smallest absolute Gasteiger partial charge is 0.0165 e. The highest BCUT2D eigenvalue weighted by Gasteiger charge is 2.41. The van der Waals surface area contributed by atoms with E-state index in [1.807, 2.05) is 0 Å². The van der Waals surface area contributed by atoms with E-state index >= 15 is 0 Å². The molecule has 0 amide bonds. The van der Waals surface area contributed by atoms with E-state index in [1.165, 1.54) is 111 Å². The molecule has 0 N–H and O–H groups in total. The van der Waals surface area contributed by atoms with Gasteiger partial charge in [0, 0.05) is 5.41 Å². The fourth-order valence-corrected chi connectivity index (χ4v) is 8.88. The lowest BCUT2D eigenvalue weighted by Gasteiger charge is -2.28. The molecule has 7 aromatic carbocycles. The van der Waals surface area contributed by atoms with Crippen molar-refractivity contribution in [1.29, 1.82) is 0 Å². The summed E-state index contributed by atoms with van der Waals surface area (Å²) in [5.74, 6) is 0. The molecule has 0 radical (unpaired) electrons. The number of hydrogen-bond donors (Lipinski definition) is 0. The second-order valence-corrected chi connectivity index (χ2v) is 14.1. The van der Waals surface area contributed by atoms with Crippen molar-refractivity contribution in [3.63, 3.8) is 0 Å². The minimum absolute atomic E-state index is 0.164. The number of aryl methyl sites for hydroxylation is 4. The van der Waals surface area contributed by atoms with Crippen LogP contribution in [0, 0.1) is 27.7 Å². The molecule has 0 spiro atoms. The van der Waals surface area contributed by atoms with Crippen LogP contribution in [0.1, 0.15) is 47.2 Å². The summed E-state index contributed by atoms with van der Waals surface area (Å²) in [6.07, 6.45) is 0. The lowest BCUT2D eigenvalue weighted by molar-refractivity contribution is 0.663. The molecule has 0 aliphatic heterocycles. The molecule has 0 bridgehead atoms. The van der Waals surface area contributed by atoms with Crippen LogP contribution in [0.5, 0.6) is 0 Å². The van der Waals surface area contributed by atoms with Crippen molar-refractivity contribution >= 4 is 21.5 Å². The summed E-state index contributed by atoms with van der Waals surface area (Å²) in [4.78, 5) is 0. The van der Waals surface area contributed by atoms with Gasteiger partial charge >= 0.3 is 0 Å². The average molecular weight is 577 g/mol. The molecular weight excluding hydrogens is 540 g/mol. The molecule has 216 valence electrons. The maximum atomic E-state index is 2.54. The summed E-state index contributed by atoms with van der Waals surface area (Å²) in [7, 11) is 0. The number of hydrogen-bond acceptors (Lipinski definition) is 0. The Bertz CT molecular complexity index is 2390. The van der Waals surface area contributed by atoms with Gasteiger partial charge in [0.05, 0.1) is 0 Å². The molecule has 0 heterocycles. The Morgan fingerprint density at radius 3 is 1.49 bits per heavy atom. The summed E-state index contributed by atoms with van der Waals surface area (Å²) in [5, 5.41) is 5.37. The zero-order valence-corrected chi connectivity index (χ0v) is 26.9. The monoisotopic (exact) mass is 576 g/mol. The molecular formula is C45H36. The third kappa shape index (κ3) is 3.60. The van der Waals surface area contributed by atoms with Crippen LogP contribution in [0.2, 0.25) is 0 Å². The fourth-order valence-electron chi connectivity index (χ4n) is 8.88. The highest BCUT2D eigenvalue weighted by Crippen LogP contribution is 2.60. The molecule has 2 aliphatic rings. The third-order valence-corrected chi connectivity index (χ3v) is 10.4. The molecule has 0 aromatic heterocycles. The average Bonchev–Trinajstić information content (AvgIpc) is 3.44. The molecule has 0 nitrogen and oxygen atoms in total. The van der Waals surface area contributed by atoms with E-state index in [0.29, 0.717) is 0 Å². The molecule has 0 saturated carbocycles. The maximum absolute atomic E-state index is 2.54. The summed E-state index contributed by atoms with van der Waals surface area (Å²) in [6, 6.07) is 42.0. The van der Waals surface area contributed by atoms with Crippen LogP contribution >= 0.6 is 0 Å². The zero-order valence-electron chi connectivity index (χ0n) is 26.9. The fraction of sp³-hybridized carbons (Fsp3) is 0.156. The van der Waals surface area contributed by atoms with E-state index < -0.39 is 0 Å². The van der Waals surface area contributed by atoms with Crippen LogP contribution in [-0.4, -0.2) is 0 Å². The lowest BCUT2D eigenvalue weighted by atomic mass is 9.75. The van der Waals surface area contributed by atoms with Gasteiger partial charge in [-0.2, -0.15) is 0 Å². The predicted octanol–water partition coefficient (Wildman–Crippen LogP) is 12.5. The first-order valence-electron chi connectivity index (χ1n) is 16.2. The van der Waals surface area contributed by atoms with Gasteiger partial charge in [0.25, 0.3) is 0 Å². The number of rotatable bonds is 2. The standard InChI is InChI=1S/C45H36/c1-25-17-26(2)20-30(19-25)41-37-23-35-32-14-9-11-29-12-10-15-33(40(29)32)36(35)24-38(37)42(31-21-27(3)18-28(4)22-31)44-43(41)34-13-7-8-16-39(34)45(44,5)6/h7-24H,1-6H3. The molecule has 2 aliphatic carbocycles. The minimum atomic E-state index is -0.164. The van der Waals surface area contributed by atoms with Gasteiger partial charge in [-0.1, -0.05) is 133 Å². The first-order chi connectivity index (χ1) is 21.7. The summed E-state index contributed by atoms with van der Waals surface area (Å²) < 4.78 is 0. The molecule has 9 rings (SSSR count). The Hall–Kier alpha value is -4.94. The van der Waals surface area contributed by atoms with Crippen molar-refractivity contribution in [2.75, 3.05) is 0 Å². The van der Waals surface area contributed by atoms with Crippen molar-refractivity contribution in [3.8, 4) is 55.6 Å². The van der Waals surface area contributed by atoms with E-state index in [-0.39, 0.29) is 5.41 Å². The topological polar surface area (TPSA) is 0 Å². The van der Waals surface area contributed by atoms with E-state index in [9.17, 15) is 0 Å². The summed E-state index contributed by atoms with van der Waals surface area (Å²) >= 11 is 0. The van der Waals surface area contributed by atoms with E-state index in [1.54, 1.807) is 0 Å². The Labute approximate surface area is 266 Å². The van der Waals surface area contributed by atoms with Gasteiger partial charge in [-0.15, -0.1) is 0 Å². The second-order valence-electron chi connectivity index (χ2n) is 14.1. The van der Waals surface area contributed by atoms with Crippen LogP contribution < -0.4 is 0 Å². The molecule has 0 unspecified atom stereocenters. The first-order valence-corrected chi connectivity index (χ1v) is 16.2. The van der Waals surface area contributed by atoms with Gasteiger partial charge in [-0.25, -0.2) is 0 Å². The van der Waals surface area contributed by atoms with Crippen molar-refractivity contribution in [2.45, 2.75) is 47.0 Å². The van der Waals surface area contributed by atoms with Crippen LogP contribution in [0.3, 0.4) is 0 Å². The SMILES string of the molecule is Cc1cc(C)cc(-c2c3c(c(-c4cc(C)cc(C)c4)c4cc5c(cc24)-c2cccc4cccc-5c24)C(C)(C)c2ccccc2-3)c1. The number of benzene rings is 7. The predicted molar refractivity (Wildman–Crippen MR) is 193 cm³/mol. The lowest BCUT2D eigenvalue weighted by Crippen LogP contribution is -2.16. The molecule has 45 heavy (non-hydrogen) atoms. The van der Waals surface area contributed by atoms with Crippen molar-refractivity contribution < 1.29 is 0 Å². The van der Waals surface area contributed by atoms with Crippen molar-refractivity contribution in [3.05, 3.63) is 143 Å². The third-order valence-electron chi connectivity index (χ3n) is 10.4. The Morgan fingerprint density at radius 1 is 0.422 bits per heavy atom. The highest BCUT2D eigenvalue weighted by atomic mass is 14.4. The second kappa shape index (κ2) is 9.05. The van der Waals surface area contributed by atoms with Crippen LogP contribution in [-0.2, 0) is 5.41 Å². The van der Waals surface area contributed by atoms with Crippen LogP contribution in [0.25, 0.3) is 77.2 Å². The van der Waals surface area contributed by atoms with Crippen molar-refractivity contribution in [2.24, 2.45) is 0 Å². The van der Waals surface area contributed by atoms with Gasteiger partial charge in [-0.3, -0.25) is 0 Å². The van der Waals surface area contributed by atoms with Crippen LogP contribution in [0.15, 0.2) is 109 Å². The molecule has 7 aromatic rings. The largest absolute Gasteiger partial charge is 0.0619 e. The van der Waals surface area contributed by atoms with E-state index in [2.05, 4.69) is 151 Å². The van der Waals surface area contributed by atoms with E-state index in [4.69, 9.17) is 0 Å². The van der Waals surface area contributed by atoms with Crippen molar-refractivity contribution in [1.82, 2.24) is 0 Å². The summed E-state index contributed by atoms with van der Waals surface area (Å²) in [6.45, 7) is 13.8. The Kier molecular flexibility index (Phi) is 5.32. The van der Waals surface area contributed by atoms with Gasteiger partial charge in [0.2, 0.25) is 0 Å². The van der Waals surface area contributed by atoms with Gasteiger partial charge < -0.3 is 0 Å². The quantitative estimate of drug-likeness (QED) is 0.192. The molecule has 0 heteroatoms.